The standard InChI is InChI=1S/C23H22ClNO/c24-22-13-11-21(12-14-22)17-25-23(18-26,15-19-7-3-1-4-8-19)16-20-9-5-2-6-10-20/h1-14,18,25H,15-17H2. The molecular weight excluding hydrogens is 342 g/mol. The Labute approximate surface area is 159 Å². The summed E-state index contributed by atoms with van der Waals surface area (Å²) in [6.07, 6.45) is 2.34. The maximum atomic E-state index is 12.2. The van der Waals surface area contributed by atoms with Gasteiger partial charge in [0, 0.05) is 11.6 Å². The topological polar surface area (TPSA) is 29.1 Å². The first-order valence-electron chi connectivity index (χ1n) is 8.73. The third kappa shape index (κ3) is 5.04. The number of carbonyl (C=O) groups excluding carboxylic acids is 1. The monoisotopic (exact) mass is 363 g/mol. The van der Waals surface area contributed by atoms with Crippen LogP contribution in [0.5, 0.6) is 0 Å². The number of nitrogens with one attached hydrogen (secondary N) is 1. The van der Waals surface area contributed by atoms with Gasteiger partial charge in [-0.25, -0.2) is 0 Å². The lowest BCUT2D eigenvalue weighted by Gasteiger charge is -2.30. The highest BCUT2D eigenvalue weighted by Gasteiger charge is 2.30. The van der Waals surface area contributed by atoms with Crippen molar-refractivity contribution in [1.82, 2.24) is 5.32 Å². The maximum absolute atomic E-state index is 12.2. The van der Waals surface area contributed by atoms with Crippen molar-refractivity contribution in [2.45, 2.75) is 24.9 Å². The zero-order valence-electron chi connectivity index (χ0n) is 14.6. The van der Waals surface area contributed by atoms with Crippen molar-refractivity contribution in [3.8, 4) is 0 Å². The molecule has 0 saturated heterocycles. The lowest BCUT2D eigenvalue weighted by molar-refractivity contribution is -0.113. The number of rotatable bonds is 8. The molecule has 0 spiro atoms. The first-order valence-corrected chi connectivity index (χ1v) is 9.11. The van der Waals surface area contributed by atoms with Gasteiger partial charge in [0.1, 0.15) is 6.29 Å². The van der Waals surface area contributed by atoms with Gasteiger partial charge in [0.2, 0.25) is 0 Å². The minimum absolute atomic E-state index is 0.607. The van der Waals surface area contributed by atoms with E-state index in [2.05, 4.69) is 29.6 Å². The Kier molecular flexibility index (Phi) is 6.21. The van der Waals surface area contributed by atoms with Gasteiger partial charge in [0.25, 0.3) is 0 Å². The van der Waals surface area contributed by atoms with Crippen LogP contribution in [0.3, 0.4) is 0 Å². The van der Waals surface area contributed by atoms with Crippen molar-refractivity contribution in [1.29, 1.82) is 0 Å². The smallest absolute Gasteiger partial charge is 0.140 e. The van der Waals surface area contributed by atoms with Crippen molar-refractivity contribution >= 4 is 17.9 Å². The van der Waals surface area contributed by atoms with Gasteiger partial charge in [-0.15, -0.1) is 0 Å². The fourth-order valence-electron chi connectivity index (χ4n) is 3.11. The normalized spacial score (nSPS) is 11.3. The van der Waals surface area contributed by atoms with E-state index in [0.717, 1.165) is 23.0 Å². The molecule has 3 rings (SSSR count). The molecule has 0 unspecified atom stereocenters. The Balaban J connectivity index is 1.83. The molecule has 0 fully saturated rings. The van der Waals surface area contributed by atoms with Gasteiger partial charge in [-0.05, 0) is 41.7 Å². The molecular formula is C23H22ClNO. The number of halogens is 1. The van der Waals surface area contributed by atoms with Crippen LogP contribution in [0.1, 0.15) is 16.7 Å². The molecule has 0 aliphatic rings. The van der Waals surface area contributed by atoms with E-state index in [1.165, 1.54) is 0 Å². The molecule has 3 aromatic rings. The second kappa shape index (κ2) is 8.79. The van der Waals surface area contributed by atoms with E-state index in [1.807, 2.05) is 60.7 Å². The van der Waals surface area contributed by atoms with E-state index >= 15 is 0 Å². The van der Waals surface area contributed by atoms with Gasteiger partial charge in [0.15, 0.2) is 0 Å². The van der Waals surface area contributed by atoms with Crippen LogP contribution in [0.25, 0.3) is 0 Å². The molecule has 0 saturated carbocycles. The van der Waals surface area contributed by atoms with E-state index in [4.69, 9.17) is 11.6 Å². The summed E-state index contributed by atoms with van der Waals surface area (Å²) in [6, 6.07) is 28.0. The molecule has 0 aliphatic carbocycles. The molecule has 0 aromatic heterocycles. The highest BCUT2D eigenvalue weighted by atomic mass is 35.5. The van der Waals surface area contributed by atoms with Crippen LogP contribution in [0.4, 0.5) is 0 Å². The van der Waals surface area contributed by atoms with Crippen LogP contribution in [0, 0.1) is 0 Å². The fourth-order valence-corrected chi connectivity index (χ4v) is 3.24. The van der Waals surface area contributed by atoms with Crippen molar-refractivity contribution in [3.05, 3.63) is 107 Å². The van der Waals surface area contributed by atoms with Gasteiger partial charge < -0.3 is 10.1 Å². The van der Waals surface area contributed by atoms with Crippen molar-refractivity contribution in [2.24, 2.45) is 0 Å². The summed E-state index contributed by atoms with van der Waals surface area (Å²) in [7, 11) is 0. The number of benzene rings is 3. The quantitative estimate of drug-likeness (QED) is 0.579. The van der Waals surface area contributed by atoms with Crippen molar-refractivity contribution < 1.29 is 4.79 Å². The molecule has 0 amide bonds. The van der Waals surface area contributed by atoms with Gasteiger partial charge in [-0.1, -0.05) is 84.4 Å². The summed E-state index contributed by atoms with van der Waals surface area (Å²) >= 11 is 5.97. The third-order valence-corrected chi connectivity index (χ3v) is 4.76. The molecule has 0 bridgehead atoms. The van der Waals surface area contributed by atoms with Crippen molar-refractivity contribution in [2.75, 3.05) is 0 Å². The Morgan fingerprint density at radius 3 is 1.69 bits per heavy atom. The van der Waals surface area contributed by atoms with Crippen LogP contribution < -0.4 is 5.32 Å². The third-order valence-electron chi connectivity index (χ3n) is 4.51. The Bertz CT molecular complexity index is 774. The van der Waals surface area contributed by atoms with Gasteiger partial charge in [-0.2, -0.15) is 0 Å². The average molecular weight is 364 g/mol. The van der Waals surface area contributed by atoms with E-state index in [0.29, 0.717) is 24.4 Å². The van der Waals surface area contributed by atoms with Crippen LogP contribution in [0.2, 0.25) is 5.02 Å². The summed E-state index contributed by atoms with van der Waals surface area (Å²) in [4.78, 5) is 12.2. The predicted molar refractivity (Wildman–Crippen MR) is 107 cm³/mol. The van der Waals surface area contributed by atoms with E-state index < -0.39 is 5.54 Å². The van der Waals surface area contributed by atoms with Gasteiger partial charge >= 0.3 is 0 Å². The average Bonchev–Trinajstić information content (AvgIpc) is 2.69. The zero-order valence-corrected chi connectivity index (χ0v) is 15.3. The van der Waals surface area contributed by atoms with E-state index in [1.54, 1.807) is 0 Å². The molecule has 132 valence electrons. The fraction of sp³-hybridized carbons (Fsp3) is 0.174. The maximum Gasteiger partial charge on any atom is 0.140 e. The summed E-state index contributed by atoms with van der Waals surface area (Å²) in [6.45, 7) is 0.607. The Hall–Kier alpha value is -2.42. The molecule has 0 aliphatic heterocycles. The van der Waals surface area contributed by atoms with Gasteiger partial charge in [0.05, 0.1) is 5.54 Å². The Morgan fingerprint density at radius 1 is 0.731 bits per heavy atom. The minimum atomic E-state index is -0.664. The largest absolute Gasteiger partial charge is 0.301 e. The van der Waals surface area contributed by atoms with Crippen LogP contribution >= 0.6 is 11.6 Å². The molecule has 0 atom stereocenters. The Morgan fingerprint density at radius 2 is 1.23 bits per heavy atom. The number of aldehydes is 1. The lowest BCUT2D eigenvalue weighted by Crippen LogP contribution is -2.50. The highest BCUT2D eigenvalue weighted by molar-refractivity contribution is 6.30. The molecule has 0 radical (unpaired) electrons. The highest BCUT2D eigenvalue weighted by Crippen LogP contribution is 2.19. The van der Waals surface area contributed by atoms with E-state index in [-0.39, 0.29) is 0 Å². The molecule has 26 heavy (non-hydrogen) atoms. The zero-order chi connectivity index (χ0) is 18.2. The molecule has 0 heterocycles. The second-order valence-corrected chi connectivity index (χ2v) is 7.02. The summed E-state index contributed by atoms with van der Waals surface area (Å²) in [5, 5.41) is 4.22. The summed E-state index contributed by atoms with van der Waals surface area (Å²) < 4.78 is 0. The first kappa shape index (κ1) is 18.4. The molecule has 3 heteroatoms. The van der Waals surface area contributed by atoms with Gasteiger partial charge in [-0.3, -0.25) is 0 Å². The second-order valence-electron chi connectivity index (χ2n) is 6.58. The molecule has 2 nitrogen and oxygen atoms in total. The summed E-state index contributed by atoms with van der Waals surface area (Å²) in [5.41, 5.74) is 2.71. The molecule has 1 N–H and O–H groups in total. The summed E-state index contributed by atoms with van der Waals surface area (Å²) in [5.74, 6) is 0. The van der Waals surface area contributed by atoms with Crippen LogP contribution in [-0.2, 0) is 24.2 Å². The first-order chi connectivity index (χ1) is 12.7. The number of carbonyl (C=O) groups is 1. The number of hydrogen-bond donors (Lipinski definition) is 1. The number of hydrogen-bond acceptors (Lipinski definition) is 2. The predicted octanol–water partition coefficient (Wildman–Crippen LogP) is 4.85. The minimum Gasteiger partial charge on any atom is -0.301 e. The SMILES string of the molecule is O=CC(Cc1ccccc1)(Cc1ccccc1)NCc1ccc(Cl)cc1. The van der Waals surface area contributed by atoms with Crippen LogP contribution in [-0.4, -0.2) is 11.8 Å². The van der Waals surface area contributed by atoms with Crippen molar-refractivity contribution in [3.63, 3.8) is 0 Å². The van der Waals surface area contributed by atoms with Crippen LogP contribution in [0.15, 0.2) is 84.9 Å². The van der Waals surface area contributed by atoms with E-state index in [9.17, 15) is 4.79 Å². The molecule has 3 aromatic carbocycles. The lowest BCUT2D eigenvalue weighted by atomic mass is 9.85.